The van der Waals surface area contributed by atoms with Gasteiger partial charge in [-0.1, -0.05) is 65.8 Å². The van der Waals surface area contributed by atoms with E-state index < -0.39 is 224 Å². The van der Waals surface area contributed by atoms with Crippen molar-refractivity contribution in [1.82, 2.24) is 62.1 Å². The molecule has 2 bridgehead atoms. The average molecular weight is 1770 g/mol. The summed E-state index contributed by atoms with van der Waals surface area (Å²) in [5.41, 5.74) is 12.1. The minimum absolute atomic E-state index is 0.0248. The first-order chi connectivity index (χ1) is 58.7. The van der Waals surface area contributed by atoms with E-state index in [2.05, 4.69) is 62.1 Å². The van der Waals surface area contributed by atoms with Crippen LogP contribution in [0.2, 0.25) is 0 Å². The lowest BCUT2D eigenvalue weighted by atomic mass is 9.84. The number of amides is 6. The summed E-state index contributed by atoms with van der Waals surface area (Å²) in [6.45, 7) is 10.4. The molecule has 1 aromatic carbocycles. The number of guanidine groups is 1. The summed E-state index contributed by atoms with van der Waals surface area (Å²) in [6.07, 6.45) is 2.41. The lowest BCUT2D eigenvalue weighted by Crippen LogP contribution is -2.59. The number of oxazole rings is 1. The molecule has 6 amide bonds. The van der Waals surface area contributed by atoms with E-state index in [1.807, 2.05) is 63.4 Å². The number of H-pyrrole nitrogens is 1. The van der Waals surface area contributed by atoms with Crippen LogP contribution in [0, 0.1) is 30.1 Å². The normalized spacial score (nSPS) is 22.2. The van der Waals surface area contributed by atoms with Crippen LogP contribution in [0.15, 0.2) is 87.5 Å². The molecule has 3 aromatic heterocycles. The summed E-state index contributed by atoms with van der Waals surface area (Å²) in [5, 5.41) is 75.7. The van der Waals surface area contributed by atoms with Gasteiger partial charge in [-0.3, -0.25) is 63.1 Å². The van der Waals surface area contributed by atoms with Crippen LogP contribution in [-0.4, -0.2) is 256 Å². The number of carboxylic acid groups (broad SMARTS) is 5. The number of carbonyl (C=O) groups excluding carboxylic acids is 9. The zero-order chi connectivity index (χ0) is 90.8. The zero-order valence-corrected chi connectivity index (χ0v) is 70.0. The Kier molecular flexibility index (Phi) is 35.6. The van der Waals surface area contributed by atoms with Gasteiger partial charge in [-0.15, -0.1) is 0 Å². The first-order valence-electron chi connectivity index (χ1n) is 39.1. The van der Waals surface area contributed by atoms with Crippen molar-refractivity contribution < 1.29 is 130 Å². The SMILES string of the molecule is CO[C@@H](/C(C)=C/C=C/C(C)=C/c1coc(C)n1)[C@@H](C)[C@@H]1CC(OC(=O)OCCSSC[C@H](NC(=O)[C@H](CC(=O)O)NC(=O)[C@H](CC(=O)O)NC(=O)[C@H](CCCNC(=N)N)NC(=O)[C@H](CC(=O)O)NC(=O)CC[C@H](NC(=O)c2ccc(NCc3cnc4nc(N)[nH]c(=O)c4n3)cc2)C(=O)O)C(=O)O)[C@@]2(C)O[C@@H]2/C=C/[C@@H](C)[C@H]2C[C@H](CC(=O)O2)C[C@@H]2O[C@H]2C(=O)O1. The molecule has 3 fully saturated rings. The summed E-state index contributed by atoms with van der Waals surface area (Å²) in [7, 11) is 3.30. The van der Waals surface area contributed by atoms with Crippen molar-refractivity contribution in [2.75, 3.05) is 42.8 Å². The van der Waals surface area contributed by atoms with Gasteiger partial charge in [0.25, 0.3) is 11.5 Å². The quantitative estimate of drug-likeness (QED) is 0.00345. The van der Waals surface area contributed by atoms with E-state index in [1.165, 1.54) is 43.8 Å². The van der Waals surface area contributed by atoms with Crippen molar-refractivity contribution in [2.45, 2.75) is 203 Å². The van der Waals surface area contributed by atoms with Gasteiger partial charge < -0.3 is 117 Å². The minimum Gasteiger partial charge on any atom is -0.481 e. The number of nitrogens with zero attached hydrogens (tertiary/aromatic N) is 4. The Morgan fingerprint density at radius 1 is 0.774 bits per heavy atom. The van der Waals surface area contributed by atoms with E-state index in [-0.39, 0.29) is 85.2 Å². The van der Waals surface area contributed by atoms with E-state index in [0.29, 0.717) is 35.8 Å². The molecule has 3 saturated heterocycles. The topological polar surface area (TPSA) is 681 Å². The Hall–Kier alpha value is -12.6. The second kappa shape index (κ2) is 45.5. The number of aromatic nitrogens is 5. The minimum atomic E-state index is -2.22. The summed E-state index contributed by atoms with van der Waals surface area (Å²) in [4.78, 5) is 216. The van der Waals surface area contributed by atoms with Crippen LogP contribution in [0.1, 0.15) is 133 Å². The van der Waals surface area contributed by atoms with Gasteiger partial charge >= 0.3 is 47.9 Å². The monoisotopic (exact) mass is 1770 g/mol. The number of ether oxygens (including phenoxy) is 7. The van der Waals surface area contributed by atoms with Crippen LogP contribution in [0.3, 0.4) is 0 Å². The van der Waals surface area contributed by atoms with Crippen LogP contribution >= 0.6 is 21.6 Å². The lowest BCUT2D eigenvalue weighted by Gasteiger charge is -2.33. The number of aromatic amines is 1. The molecule has 0 aliphatic carbocycles. The number of carbonyl (C=O) groups is 14. The van der Waals surface area contributed by atoms with Crippen molar-refractivity contribution in [3.05, 3.63) is 111 Å². The summed E-state index contributed by atoms with van der Waals surface area (Å²) < 4.78 is 47.2. The van der Waals surface area contributed by atoms with Crippen molar-refractivity contribution in [2.24, 2.45) is 23.5 Å². The van der Waals surface area contributed by atoms with Gasteiger partial charge in [0.1, 0.15) is 84.8 Å². The number of anilines is 2. The molecule has 0 spiro atoms. The molecule has 17 atom stereocenters. The highest BCUT2D eigenvalue weighted by Gasteiger charge is 2.60. The van der Waals surface area contributed by atoms with Crippen LogP contribution in [0.25, 0.3) is 17.2 Å². The van der Waals surface area contributed by atoms with Crippen LogP contribution in [0.4, 0.5) is 16.4 Å². The predicted molar refractivity (Wildman–Crippen MR) is 438 cm³/mol. The van der Waals surface area contributed by atoms with Gasteiger partial charge in [-0.2, -0.15) is 4.98 Å². The number of nitrogen functional groups attached to an aromatic ring is 1. The van der Waals surface area contributed by atoms with Crippen molar-refractivity contribution >= 4 is 140 Å². The second-order valence-electron chi connectivity index (χ2n) is 29.9. The average Bonchev–Trinajstić information content (AvgIpc) is 1.59. The number of aliphatic carboxylic acids is 5. The number of hydrogen-bond acceptors (Lipinski definition) is 32. The van der Waals surface area contributed by atoms with Gasteiger partial charge in [-0.05, 0) is 100 Å². The Labute approximate surface area is 715 Å². The first-order valence-corrected chi connectivity index (χ1v) is 41.6. The molecular formula is C78H100N16O28S2. The maximum Gasteiger partial charge on any atom is 0.508 e. The number of esters is 2. The molecule has 44 nitrogen and oxygen atoms in total. The molecule has 4 aromatic rings. The first kappa shape index (κ1) is 96.9. The molecule has 4 aliphatic rings. The third-order valence-electron chi connectivity index (χ3n) is 20.2. The van der Waals surface area contributed by atoms with E-state index in [1.54, 1.807) is 19.9 Å². The number of fused-ring (bicyclic) bond motifs is 5. The molecule has 46 heteroatoms. The fourth-order valence-corrected chi connectivity index (χ4v) is 15.5. The fourth-order valence-electron chi connectivity index (χ4n) is 13.5. The number of benzene rings is 1. The largest absolute Gasteiger partial charge is 0.508 e. The van der Waals surface area contributed by atoms with E-state index in [4.69, 9.17) is 54.5 Å². The third-order valence-corrected chi connectivity index (χ3v) is 22.6. The number of nitrogens with one attached hydrogen (secondary N) is 10. The predicted octanol–water partition coefficient (Wildman–Crippen LogP) is 1.67. The Bertz CT molecular complexity index is 4790. The van der Waals surface area contributed by atoms with Gasteiger partial charge in [0, 0.05) is 74.4 Å². The highest BCUT2D eigenvalue weighted by atomic mass is 33.1. The molecule has 0 saturated carbocycles. The van der Waals surface area contributed by atoms with Gasteiger partial charge in [-0.25, -0.2) is 34.1 Å². The highest BCUT2D eigenvalue weighted by molar-refractivity contribution is 8.76. The smallest absolute Gasteiger partial charge is 0.481 e. The zero-order valence-electron chi connectivity index (χ0n) is 68.4. The van der Waals surface area contributed by atoms with Crippen LogP contribution < -0.4 is 59.6 Å². The van der Waals surface area contributed by atoms with Gasteiger partial charge in [0.2, 0.25) is 35.5 Å². The number of carboxylic acids is 5. The van der Waals surface area contributed by atoms with Crippen molar-refractivity contribution in [3.8, 4) is 0 Å². The lowest BCUT2D eigenvalue weighted by molar-refractivity contribution is -0.159. The molecule has 19 N–H and O–H groups in total. The molecule has 0 radical (unpaired) electrons. The maximum atomic E-state index is 14.2. The fraction of sp³-hybridized carbons (Fsp3) is 0.513. The van der Waals surface area contributed by atoms with Crippen molar-refractivity contribution in [3.63, 3.8) is 0 Å². The number of rotatable bonds is 43. The molecule has 7 heterocycles. The van der Waals surface area contributed by atoms with E-state index >= 15 is 0 Å². The number of methoxy groups -OCH3 is 1. The molecule has 672 valence electrons. The van der Waals surface area contributed by atoms with E-state index in [9.17, 15) is 97.5 Å². The molecule has 4 aliphatic heterocycles. The van der Waals surface area contributed by atoms with E-state index in [0.717, 1.165) is 32.7 Å². The number of epoxide rings is 2. The number of allylic oxidation sites excluding steroid dienone is 4. The second-order valence-corrected chi connectivity index (χ2v) is 32.5. The van der Waals surface area contributed by atoms with Crippen molar-refractivity contribution in [1.29, 1.82) is 5.41 Å². The maximum absolute atomic E-state index is 14.2. The van der Waals surface area contributed by atoms with Gasteiger partial charge in [0.15, 0.2) is 29.1 Å². The molecule has 1 unspecified atom stereocenters. The molecular weight excluding hydrogens is 1670 g/mol. The highest BCUT2D eigenvalue weighted by Crippen LogP contribution is 2.46. The third kappa shape index (κ3) is 29.9. The van der Waals surface area contributed by atoms with Crippen LogP contribution in [-0.2, 0) is 97.2 Å². The molecule has 124 heavy (non-hydrogen) atoms. The molecule has 8 rings (SSSR count). The number of hydrogen-bond donors (Lipinski definition) is 17. The summed E-state index contributed by atoms with van der Waals surface area (Å²) >= 11 is 0. The Balaban J connectivity index is 0.860. The number of cyclic esters (lactones) is 1. The standard InChI is InChI=1S/C78H100N16O28S2/c1-36(24-44-34-117-40(5)85-44)10-8-11-38(3)63(115-7)39(4)53-31-56(78(6)55(122-78)19-13-37(2)52-25-41(27-61(102)118-52)26-54-64(119-54)74(113)120-53)121-77(114)116-22-23-123-124-35-51(73(111)112)92-70(107)50(30-60(100)101)91-69(106)49(29-59(98)99)90-67(104)46(12-9-21-82-75(79)80)88-68(105)48(28-58(96)97)87-57(95)20-18-47(72(109)110)89-66(103)42-14-16-43(17-15-42)83-32-45-33-84-65-62(86-45)71(108)94-76(81)93-65/h8,10-11,13-17,19,24,33-34,37,39,41,46-56,63-64,83H,9,12,18,20-23,25-32,35H2,1-7H3,(H,87,95)(H,88,105)(H,89,103)(H,90,104)(H,91,106)(H,92,107)(H,96,97)(H,98,99)(H,100,101)(H,109,110)(H,111,112)(H4,79,80,82)(H3,81,84,93,94,108)/b10-8+,19-13+,36-24+,38-11+/t37-,39+,41+,46+,47+,48+,49+,50+,51+,52-,53+,54+,55-,56?,63+,64-,78+/m1/s1. The Morgan fingerprint density at radius 3 is 2.02 bits per heavy atom. The van der Waals surface area contributed by atoms with Gasteiger partial charge in [0.05, 0.1) is 49.9 Å². The number of nitrogens with two attached hydrogens (primary N) is 2. The number of aryl methyl sites for hydroxylation is 1. The van der Waals surface area contributed by atoms with Crippen LogP contribution in [0.5, 0.6) is 0 Å². The Morgan fingerprint density at radius 2 is 1.40 bits per heavy atom. The summed E-state index contributed by atoms with van der Waals surface area (Å²) in [6, 6.07) is -6.24. The summed E-state index contributed by atoms with van der Waals surface area (Å²) in [5.74, 6) is -18.9.